The van der Waals surface area contributed by atoms with Gasteiger partial charge in [-0.3, -0.25) is 9.69 Å². The zero-order chi connectivity index (χ0) is 8.10. The third kappa shape index (κ3) is 2.99. The summed E-state index contributed by atoms with van der Waals surface area (Å²) in [5.41, 5.74) is 0. The standard InChI is InChI=1S/C8H16N2O/c1-2-8(11)7-10-5-3-9-4-6-10/h9H,2-7H2,1H3. The van der Waals surface area contributed by atoms with Crippen LogP contribution in [-0.4, -0.2) is 43.4 Å². The fourth-order valence-electron chi connectivity index (χ4n) is 1.23. The van der Waals surface area contributed by atoms with Crippen molar-refractivity contribution < 1.29 is 4.79 Å². The van der Waals surface area contributed by atoms with Crippen molar-refractivity contribution in [1.82, 2.24) is 10.2 Å². The Balaban J connectivity index is 2.19. The molecule has 0 aromatic rings. The van der Waals surface area contributed by atoms with E-state index < -0.39 is 0 Å². The van der Waals surface area contributed by atoms with Gasteiger partial charge < -0.3 is 5.32 Å². The molecule has 0 spiro atoms. The van der Waals surface area contributed by atoms with Gasteiger partial charge in [0, 0.05) is 32.6 Å². The number of Topliss-reactive ketones (excluding diaryl/α,β-unsaturated/α-hetero) is 1. The van der Waals surface area contributed by atoms with Gasteiger partial charge in [-0.2, -0.15) is 0 Å². The molecule has 0 aromatic heterocycles. The predicted molar refractivity (Wildman–Crippen MR) is 44.6 cm³/mol. The van der Waals surface area contributed by atoms with Crippen molar-refractivity contribution in [1.29, 1.82) is 0 Å². The minimum Gasteiger partial charge on any atom is -0.314 e. The molecule has 0 bridgehead atoms. The fraction of sp³-hybridized carbons (Fsp3) is 0.875. The monoisotopic (exact) mass is 156 g/mol. The number of ketones is 1. The van der Waals surface area contributed by atoms with Gasteiger partial charge in [0.15, 0.2) is 0 Å². The number of hydrogen-bond donors (Lipinski definition) is 1. The first-order chi connectivity index (χ1) is 5.33. The molecule has 11 heavy (non-hydrogen) atoms. The fourth-order valence-corrected chi connectivity index (χ4v) is 1.23. The van der Waals surface area contributed by atoms with Gasteiger partial charge in [-0.05, 0) is 0 Å². The van der Waals surface area contributed by atoms with Gasteiger partial charge >= 0.3 is 0 Å². The summed E-state index contributed by atoms with van der Waals surface area (Å²) in [6.45, 7) is 6.66. The molecule has 1 heterocycles. The molecule has 1 fully saturated rings. The van der Waals surface area contributed by atoms with Gasteiger partial charge in [-0.15, -0.1) is 0 Å². The van der Waals surface area contributed by atoms with Crippen LogP contribution in [0.3, 0.4) is 0 Å². The van der Waals surface area contributed by atoms with Gasteiger partial charge in [0.1, 0.15) is 5.78 Å². The summed E-state index contributed by atoms with van der Waals surface area (Å²) in [5.74, 6) is 0.354. The molecule has 3 nitrogen and oxygen atoms in total. The van der Waals surface area contributed by atoms with Crippen molar-refractivity contribution in [3.05, 3.63) is 0 Å². The maximum atomic E-state index is 11.0. The van der Waals surface area contributed by atoms with Crippen LogP contribution in [0.4, 0.5) is 0 Å². The highest BCUT2D eigenvalue weighted by atomic mass is 16.1. The Kier molecular flexibility index (Phi) is 3.52. The number of rotatable bonds is 3. The Labute approximate surface area is 67.8 Å². The highest BCUT2D eigenvalue weighted by molar-refractivity contribution is 5.80. The average Bonchev–Trinajstić information content (AvgIpc) is 2.06. The van der Waals surface area contributed by atoms with Gasteiger partial charge in [-0.25, -0.2) is 0 Å². The molecule has 0 aliphatic carbocycles. The molecule has 0 atom stereocenters. The zero-order valence-electron chi connectivity index (χ0n) is 7.10. The first kappa shape index (κ1) is 8.68. The van der Waals surface area contributed by atoms with Crippen LogP contribution in [0.1, 0.15) is 13.3 Å². The molecule has 0 aromatic carbocycles. The smallest absolute Gasteiger partial charge is 0.146 e. The maximum absolute atomic E-state index is 11.0. The van der Waals surface area contributed by atoms with Crippen LogP contribution in [-0.2, 0) is 4.79 Å². The van der Waals surface area contributed by atoms with Crippen LogP contribution < -0.4 is 5.32 Å². The van der Waals surface area contributed by atoms with Crippen LogP contribution in [0.15, 0.2) is 0 Å². The van der Waals surface area contributed by atoms with E-state index in [0.29, 0.717) is 18.7 Å². The summed E-state index contributed by atoms with van der Waals surface area (Å²) >= 11 is 0. The van der Waals surface area contributed by atoms with Gasteiger partial charge in [-0.1, -0.05) is 6.92 Å². The van der Waals surface area contributed by atoms with Crippen LogP contribution in [0.25, 0.3) is 0 Å². The van der Waals surface area contributed by atoms with Gasteiger partial charge in [0.25, 0.3) is 0 Å². The molecule has 1 rings (SSSR count). The molecule has 0 radical (unpaired) electrons. The number of nitrogens with zero attached hydrogens (tertiary/aromatic N) is 1. The van der Waals surface area contributed by atoms with Crippen LogP contribution >= 0.6 is 0 Å². The van der Waals surface area contributed by atoms with Crippen molar-refractivity contribution in [3.8, 4) is 0 Å². The Hall–Kier alpha value is -0.410. The van der Waals surface area contributed by atoms with Crippen molar-refractivity contribution in [2.75, 3.05) is 32.7 Å². The molecule has 1 aliphatic rings. The quantitative estimate of drug-likeness (QED) is 0.618. The van der Waals surface area contributed by atoms with Crippen LogP contribution in [0, 0.1) is 0 Å². The topological polar surface area (TPSA) is 32.3 Å². The SMILES string of the molecule is CCC(=O)CN1CCNCC1. The summed E-state index contributed by atoms with van der Waals surface area (Å²) < 4.78 is 0. The summed E-state index contributed by atoms with van der Waals surface area (Å²) in [4.78, 5) is 13.2. The summed E-state index contributed by atoms with van der Waals surface area (Å²) in [5, 5.41) is 3.25. The molecule has 1 saturated heterocycles. The van der Waals surface area contributed by atoms with E-state index in [9.17, 15) is 4.79 Å². The first-order valence-corrected chi connectivity index (χ1v) is 4.27. The summed E-state index contributed by atoms with van der Waals surface area (Å²) in [7, 11) is 0. The van der Waals surface area contributed by atoms with E-state index in [2.05, 4.69) is 10.2 Å². The third-order valence-electron chi connectivity index (χ3n) is 2.00. The van der Waals surface area contributed by atoms with E-state index in [1.54, 1.807) is 0 Å². The Morgan fingerprint density at radius 3 is 2.64 bits per heavy atom. The molecule has 0 unspecified atom stereocenters. The highest BCUT2D eigenvalue weighted by Crippen LogP contribution is 1.93. The number of carbonyl (C=O) groups is 1. The number of piperazine rings is 1. The Morgan fingerprint density at radius 2 is 2.09 bits per heavy atom. The van der Waals surface area contributed by atoms with Crippen LogP contribution in [0.2, 0.25) is 0 Å². The van der Waals surface area contributed by atoms with Crippen molar-refractivity contribution >= 4 is 5.78 Å². The van der Waals surface area contributed by atoms with Gasteiger partial charge in [0.05, 0.1) is 6.54 Å². The minimum atomic E-state index is 0.354. The first-order valence-electron chi connectivity index (χ1n) is 4.27. The lowest BCUT2D eigenvalue weighted by Crippen LogP contribution is -2.45. The van der Waals surface area contributed by atoms with Gasteiger partial charge in [0.2, 0.25) is 0 Å². The Morgan fingerprint density at radius 1 is 1.45 bits per heavy atom. The van der Waals surface area contributed by atoms with E-state index >= 15 is 0 Å². The zero-order valence-corrected chi connectivity index (χ0v) is 7.10. The largest absolute Gasteiger partial charge is 0.314 e. The van der Waals surface area contributed by atoms with E-state index in [4.69, 9.17) is 0 Å². The summed E-state index contributed by atoms with van der Waals surface area (Å²) in [6, 6.07) is 0. The van der Waals surface area contributed by atoms with E-state index in [-0.39, 0.29) is 0 Å². The lowest BCUT2D eigenvalue weighted by molar-refractivity contribution is -0.120. The molecule has 0 saturated carbocycles. The molecular formula is C8H16N2O. The molecule has 3 heteroatoms. The molecule has 0 amide bonds. The molecule has 64 valence electrons. The number of carbonyl (C=O) groups excluding carboxylic acids is 1. The van der Waals surface area contributed by atoms with E-state index in [1.165, 1.54) is 0 Å². The normalized spacial score (nSPS) is 20.1. The van der Waals surface area contributed by atoms with Crippen molar-refractivity contribution in [2.45, 2.75) is 13.3 Å². The predicted octanol–water partition coefficient (Wildman–Crippen LogP) is -0.129. The number of nitrogens with one attached hydrogen (secondary N) is 1. The summed E-state index contributed by atoms with van der Waals surface area (Å²) in [6.07, 6.45) is 0.671. The third-order valence-corrected chi connectivity index (χ3v) is 2.00. The molecule has 1 aliphatic heterocycles. The van der Waals surface area contributed by atoms with Crippen LogP contribution in [0.5, 0.6) is 0 Å². The van der Waals surface area contributed by atoms with E-state index in [1.807, 2.05) is 6.92 Å². The van der Waals surface area contributed by atoms with Crippen molar-refractivity contribution in [3.63, 3.8) is 0 Å². The number of hydrogen-bond acceptors (Lipinski definition) is 3. The minimum absolute atomic E-state index is 0.354. The van der Waals surface area contributed by atoms with Crippen molar-refractivity contribution in [2.24, 2.45) is 0 Å². The second-order valence-electron chi connectivity index (χ2n) is 2.92. The maximum Gasteiger partial charge on any atom is 0.146 e. The second kappa shape index (κ2) is 4.46. The lowest BCUT2D eigenvalue weighted by Gasteiger charge is -2.26. The lowest BCUT2D eigenvalue weighted by atomic mass is 10.2. The highest BCUT2D eigenvalue weighted by Gasteiger charge is 2.11. The molecule has 1 N–H and O–H groups in total. The Bertz CT molecular complexity index is 130. The average molecular weight is 156 g/mol. The van der Waals surface area contributed by atoms with E-state index in [0.717, 1.165) is 26.2 Å². The molecular weight excluding hydrogens is 140 g/mol. The second-order valence-corrected chi connectivity index (χ2v) is 2.92.